The Bertz CT molecular complexity index is 1070. The minimum atomic E-state index is -0.965. The van der Waals surface area contributed by atoms with Gasteiger partial charge in [-0.2, -0.15) is 5.10 Å². The molecule has 2 amide bonds. The van der Waals surface area contributed by atoms with E-state index in [1.807, 2.05) is 6.92 Å². The van der Waals surface area contributed by atoms with E-state index in [4.69, 9.17) is 9.47 Å². The van der Waals surface area contributed by atoms with Crippen molar-refractivity contribution in [2.45, 2.75) is 33.2 Å². The van der Waals surface area contributed by atoms with Gasteiger partial charge in [-0.05, 0) is 42.3 Å². The predicted octanol–water partition coefficient (Wildman–Crippen LogP) is 3.69. The van der Waals surface area contributed by atoms with Crippen molar-refractivity contribution >= 4 is 29.0 Å². The molecule has 2 aromatic carbocycles. The summed E-state index contributed by atoms with van der Waals surface area (Å²) >= 11 is 0. The third-order valence-electron chi connectivity index (χ3n) is 5.35. The molecule has 1 unspecified atom stereocenters. The third kappa shape index (κ3) is 5.74. The van der Waals surface area contributed by atoms with E-state index in [0.717, 1.165) is 23.3 Å². The van der Waals surface area contributed by atoms with Crippen LogP contribution in [0.1, 0.15) is 37.8 Å². The number of nitrogens with zero attached hydrogens (tertiary/aromatic N) is 2. The first-order chi connectivity index (χ1) is 15.9. The molecule has 0 saturated heterocycles. The van der Waals surface area contributed by atoms with E-state index < -0.39 is 18.6 Å². The number of hydrogen-bond donors (Lipinski definition) is 1. The van der Waals surface area contributed by atoms with Crippen LogP contribution in [0.15, 0.2) is 47.6 Å². The minimum Gasteiger partial charge on any atom is -0.493 e. The van der Waals surface area contributed by atoms with E-state index >= 15 is 0 Å². The molecule has 2 aromatic rings. The number of ether oxygens (including phenoxy) is 2. The van der Waals surface area contributed by atoms with Crippen molar-refractivity contribution < 1.29 is 28.2 Å². The standard InChI is InChI=1S/C24H26FN3O5/c1-4-17-12-22(30)28(13-16-5-8-19(9-6-16)26-24(31)15(2)29)27-23(17)18-7-10-20(33-14-25)21(11-18)32-3/h5-11,17H,4,12-14H2,1-3H3,(H,26,31). The Morgan fingerprint density at radius 3 is 2.52 bits per heavy atom. The lowest BCUT2D eigenvalue weighted by Gasteiger charge is -2.29. The number of carbonyl (C=O) groups is 3. The second kappa shape index (κ2) is 10.7. The zero-order valence-electron chi connectivity index (χ0n) is 18.8. The van der Waals surface area contributed by atoms with Crippen molar-refractivity contribution in [3.05, 3.63) is 53.6 Å². The quantitative estimate of drug-likeness (QED) is 0.582. The number of ketones is 1. The topological polar surface area (TPSA) is 97.3 Å². The summed E-state index contributed by atoms with van der Waals surface area (Å²) in [6.45, 7) is 2.48. The lowest BCUT2D eigenvalue weighted by molar-refractivity contribution is -0.133. The second-order valence-electron chi connectivity index (χ2n) is 7.57. The highest BCUT2D eigenvalue weighted by Crippen LogP contribution is 2.32. The maximum absolute atomic E-state index is 12.7. The molecule has 0 saturated carbocycles. The zero-order chi connectivity index (χ0) is 24.0. The molecule has 3 rings (SSSR count). The van der Waals surface area contributed by atoms with E-state index in [1.54, 1.807) is 42.5 Å². The summed E-state index contributed by atoms with van der Waals surface area (Å²) < 4.78 is 22.9. The van der Waals surface area contributed by atoms with Crippen molar-refractivity contribution in [3.8, 4) is 11.5 Å². The highest BCUT2D eigenvalue weighted by atomic mass is 19.1. The first-order valence-corrected chi connectivity index (χ1v) is 10.5. The molecule has 8 nitrogen and oxygen atoms in total. The lowest BCUT2D eigenvalue weighted by atomic mass is 9.89. The van der Waals surface area contributed by atoms with Crippen LogP contribution in [0.5, 0.6) is 11.5 Å². The number of nitrogens with one attached hydrogen (secondary N) is 1. The third-order valence-corrected chi connectivity index (χ3v) is 5.35. The van der Waals surface area contributed by atoms with Gasteiger partial charge in [0.25, 0.3) is 5.91 Å². The average molecular weight is 455 g/mol. The van der Waals surface area contributed by atoms with E-state index in [0.29, 0.717) is 17.9 Å². The second-order valence-corrected chi connectivity index (χ2v) is 7.57. The molecule has 1 aliphatic heterocycles. The highest BCUT2D eigenvalue weighted by molar-refractivity contribution is 6.39. The number of carbonyl (C=O) groups excluding carboxylic acids is 3. The van der Waals surface area contributed by atoms with Crippen molar-refractivity contribution in [1.29, 1.82) is 0 Å². The van der Waals surface area contributed by atoms with Crippen LogP contribution < -0.4 is 14.8 Å². The van der Waals surface area contributed by atoms with E-state index in [-0.39, 0.29) is 24.1 Å². The van der Waals surface area contributed by atoms with Crippen LogP contribution in [0, 0.1) is 5.92 Å². The SMILES string of the molecule is CCC1CC(=O)N(Cc2ccc(NC(=O)C(C)=O)cc2)N=C1c1ccc(OCF)c(OC)c1. The van der Waals surface area contributed by atoms with Gasteiger partial charge in [-0.3, -0.25) is 14.4 Å². The first-order valence-electron chi connectivity index (χ1n) is 10.5. The predicted molar refractivity (Wildman–Crippen MR) is 121 cm³/mol. The van der Waals surface area contributed by atoms with Gasteiger partial charge in [0.15, 0.2) is 11.5 Å². The smallest absolute Gasteiger partial charge is 0.291 e. The number of benzene rings is 2. The Kier molecular flexibility index (Phi) is 7.76. The molecule has 1 aliphatic rings. The fourth-order valence-electron chi connectivity index (χ4n) is 3.53. The number of methoxy groups -OCH3 is 1. The highest BCUT2D eigenvalue weighted by Gasteiger charge is 2.29. The van der Waals surface area contributed by atoms with E-state index in [9.17, 15) is 18.8 Å². The number of halogens is 1. The molecule has 33 heavy (non-hydrogen) atoms. The number of alkyl halides is 1. The molecule has 0 fully saturated rings. The van der Waals surface area contributed by atoms with Gasteiger partial charge in [-0.1, -0.05) is 19.1 Å². The Balaban J connectivity index is 1.84. The summed E-state index contributed by atoms with van der Waals surface area (Å²) in [5.74, 6) is -0.745. The largest absolute Gasteiger partial charge is 0.493 e. The lowest BCUT2D eigenvalue weighted by Crippen LogP contribution is -2.36. The molecule has 1 N–H and O–H groups in total. The number of rotatable bonds is 9. The van der Waals surface area contributed by atoms with Gasteiger partial charge in [-0.15, -0.1) is 0 Å². The maximum Gasteiger partial charge on any atom is 0.291 e. The van der Waals surface area contributed by atoms with E-state index in [1.165, 1.54) is 19.0 Å². The summed E-state index contributed by atoms with van der Waals surface area (Å²) in [6, 6.07) is 12.0. The summed E-state index contributed by atoms with van der Waals surface area (Å²) in [4.78, 5) is 35.4. The Labute approximate surface area is 191 Å². The normalized spacial score (nSPS) is 15.6. The van der Waals surface area contributed by atoms with Crippen molar-refractivity contribution in [3.63, 3.8) is 0 Å². The van der Waals surface area contributed by atoms with Gasteiger partial charge in [0.2, 0.25) is 18.6 Å². The monoisotopic (exact) mass is 455 g/mol. The summed E-state index contributed by atoms with van der Waals surface area (Å²) in [7, 11) is 1.47. The van der Waals surface area contributed by atoms with Gasteiger partial charge in [0, 0.05) is 30.5 Å². The molecule has 0 radical (unpaired) electrons. The minimum absolute atomic E-state index is 0.0597. The molecule has 174 valence electrons. The molecule has 1 heterocycles. The number of hydrogen-bond acceptors (Lipinski definition) is 6. The molecule has 0 bridgehead atoms. The van der Waals surface area contributed by atoms with Crippen LogP contribution in [0.4, 0.5) is 10.1 Å². The van der Waals surface area contributed by atoms with Gasteiger partial charge >= 0.3 is 0 Å². The molecule has 0 spiro atoms. The van der Waals surface area contributed by atoms with Crippen LogP contribution in [-0.4, -0.2) is 42.3 Å². The van der Waals surface area contributed by atoms with Crippen LogP contribution in [0.2, 0.25) is 0 Å². The Hall–Kier alpha value is -3.75. The number of hydrazone groups is 1. The Morgan fingerprint density at radius 1 is 1.18 bits per heavy atom. The van der Waals surface area contributed by atoms with Gasteiger partial charge < -0.3 is 14.8 Å². The van der Waals surface area contributed by atoms with E-state index in [2.05, 4.69) is 10.4 Å². The van der Waals surface area contributed by atoms with Crippen LogP contribution in [0.3, 0.4) is 0 Å². The molecule has 9 heteroatoms. The maximum atomic E-state index is 12.7. The van der Waals surface area contributed by atoms with Crippen molar-refractivity contribution in [2.75, 3.05) is 19.3 Å². The van der Waals surface area contributed by atoms with Gasteiger partial charge in [0.05, 0.1) is 19.4 Å². The van der Waals surface area contributed by atoms with Crippen molar-refractivity contribution in [2.24, 2.45) is 11.0 Å². The summed E-state index contributed by atoms with van der Waals surface area (Å²) in [5.41, 5.74) is 2.81. The average Bonchev–Trinajstić information content (AvgIpc) is 2.81. The summed E-state index contributed by atoms with van der Waals surface area (Å²) in [5, 5.41) is 8.57. The van der Waals surface area contributed by atoms with Crippen molar-refractivity contribution in [1.82, 2.24) is 5.01 Å². The van der Waals surface area contributed by atoms with Gasteiger partial charge in [-0.25, -0.2) is 9.40 Å². The first kappa shape index (κ1) is 23.9. The van der Waals surface area contributed by atoms with Crippen LogP contribution in [0.25, 0.3) is 0 Å². The number of amides is 2. The van der Waals surface area contributed by atoms with Crippen LogP contribution in [-0.2, 0) is 20.9 Å². The van der Waals surface area contributed by atoms with Gasteiger partial charge in [0.1, 0.15) is 0 Å². The zero-order valence-corrected chi connectivity index (χ0v) is 18.8. The molecular formula is C24H26FN3O5. The Morgan fingerprint density at radius 2 is 1.91 bits per heavy atom. The fraction of sp³-hybridized carbons (Fsp3) is 0.333. The molecule has 1 atom stereocenters. The summed E-state index contributed by atoms with van der Waals surface area (Å²) in [6.07, 6.45) is 1.04. The van der Waals surface area contributed by atoms with Crippen LogP contribution >= 0.6 is 0 Å². The number of Topliss-reactive ketones (excluding diaryl/α,β-unsaturated/α-hetero) is 1. The molecule has 0 aromatic heterocycles. The molecular weight excluding hydrogens is 429 g/mol. The molecule has 0 aliphatic carbocycles. The fourth-order valence-corrected chi connectivity index (χ4v) is 3.53. The number of anilines is 1.